The molecule has 1 aliphatic carbocycles. The first-order chi connectivity index (χ1) is 13.0. The Bertz CT molecular complexity index is 911. The summed E-state index contributed by atoms with van der Waals surface area (Å²) >= 11 is 0. The van der Waals surface area contributed by atoms with Crippen LogP contribution in [0.5, 0.6) is 5.75 Å². The van der Waals surface area contributed by atoms with Crippen molar-refractivity contribution in [3.05, 3.63) is 64.1 Å². The van der Waals surface area contributed by atoms with Crippen molar-refractivity contribution in [2.45, 2.75) is 38.9 Å². The fourth-order valence-electron chi connectivity index (χ4n) is 3.26. The number of methoxy groups -OCH3 is 1. The van der Waals surface area contributed by atoms with Crippen LogP contribution in [0.15, 0.2) is 47.4 Å². The number of ether oxygens (including phenoxy) is 1. The lowest BCUT2D eigenvalue weighted by Gasteiger charge is -2.30. The topological polar surface area (TPSA) is 75.3 Å². The minimum absolute atomic E-state index is 0.0855. The van der Waals surface area contributed by atoms with Crippen molar-refractivity contribution < 1.29 is 9.53 Å². The van der Waals surface area contributed by atoms with Gasteiger partial charge in [-0.3, -0.25) is 9.59 Å². The molecule has 1 saturated carbocycles. The van der Waals surface area contributed by atoms with Crippen LogP contribution in [-0.4, -0.2) is 28.5 Å². The molecule has 1 heterocycles. The van der Waals surface area contributed by atoms with Crippen molar-refractivity contribution in [2.24, 2.45) is 5.92 Å². The Morgan fingerprint density at radius 3 is 2.63 bits per heavy atom. The van der Waals surface area contributed by atoms with Crippen LogP contribution in [0, 0.1) is 17.2 Å². The van der Waals surface area contributed by atoms with Crippen molar-refractivity contribution in [1.82, 2.24) is 9.47 Å². The molecule has 2 aromatic rings. The molecule has 0 spiro atoms. The monoisotopic (exact) mass is 365 g/mol. The van der Waals surface area contributed by atoms with E-state index in [9.17, 15) is 14.9 Å². The number of hydrogen-bond donors (Lipinski definition) is 0. The third kappa shape index (κ3) is 4.20. The van der Waals surface area contributed by atoms with Crippen LogP contribution in [-0.2, 0) is 17.9 Å². The molecule has 1 unspecified atom stereocenters. The van der Waals surface area contributed by atoms with Gasteiger partial charge in [0.2, 0.25) is 5.91 Å². The van der Waals surface area contributed by atoms with Crippen LogP contribution in [0.2, 0.25) is 0 Å². The Labute approximate surface area is 158 Å². The van der Waals surface area contributed by atoms with E-state index >= 15 is 0 Å². The van der Waals surface area contributed by atoms with Gasteiger partial charge in [0.1, 0.15) is 18.4 Å². The van der Waals surface area contributed by atoms with Gasteiger partial charge in [0.25, 0.3) is 5.56 Å². The Morgan fingerprint density at radius 2 is 2.04 bits per heavy atom. The number of hydrogen-bond acceptors (Lipinski definition) is 4. The molecule has 1 aromatic heterocycles. The lowest BCUT2D eigenvalue weighted by Crippen LogP contribution is -2.42. The molecule has 0 saturated heterocycles. The molecule has 6 heteroatoms. The summed E-state index contributed by atoms with van der Waals surface area (Å²) in [4.78, 5) is 27.4. The van der Waals surface area contributed by atoms with Crippen molar-refractivity contribution in [1.29, 1.82) is 5.26 Å². The van der Waals surface area contributed by atoms with Gasteiger partial charge in [-0.1, -0.05) is 30.3 Å². The zero-order chi connectivity index (χ0) is 19.4. The zero-order valence-corrected chi connectivity index (χ0v) is 15.6. The predicted molar refractivity (Wildman–Crippen MR) is 101 cm³/mol. The molecule has 27 heavy (non-hydrogen) atoms. The summed E-state index contributed by atoms with van der Waals surface area (Å²) in [6, 6.07) is 13.4. The van der Waals surface area contributed by atoms with E-state index in [-0.39, 0.29) is 29.8 Å². The number of carbonyl (C=O) groups is 1. The van der Waals surface area contributed by atoms with Crippen LogP contribution in [0.3, 0.4) is 0 Å². The predicted octanol–water partition coefficient (Wildman–Crippen LogP) is 2.56. The molecule has 1 atom stereocenters. The molecule has 140 valence electrons. The van der Waals surface area contributed by atoms with Gasteiger partial charge in [0.15, 0.2) is 5.56 Å². The summed E-state index contributed by atoms with van der Waals surface area (Å²) in [7, 11) is 1.41. The van der Waals surface area contributed by atoms with Gasteiger partial charge in [-0.2, -0.15) is 5.26 Å². The maximum Gasteiger partial charge on any atom is 0.272 e. The third-order valence-electron chi connectivity index (χ3n) is 5.08. The lowest BCUT2D eigenvalue weighted by atomic mass is 10.1. The second kappa shape index (κ2) is 8.09. The van der Waals surface area contributed by atoms with E-state index in [0.717, 1.165) is 18.4 Å². The quantitative estimate of drug-likeness (QED) is 0.756. The number of benzene rings is 1. The first kappa shape index (κ1) is 18.7. The van der Waals surface area contributed by atoms with E-state index in [2.05, 4.69) is 6.92 Å². The van der Waals surface area contributed by atoms with E-state index in [0.29, 0.717) is 12.5 Å². The van der Waals surface area contributed by atoms with Crippen molar-refractivity contribution >= 4 is 5.91 Å². The van der Waals surface area contributed by atoms with Crippen LogP contribution in [0.1, 0.15) is 30.9 Å². The smallest absolute Gasteiger partial charge is 0.272 e. The van der Waals surface area contributed by atoms with Crippen molar-refractivity contribution in [2.75, 3.05) is 7.11 Å². The largest absolute Gasteiger partial charge is 0.495 e. The molecule has 1 aliphatic rings. The second-order valence-corrected chi connectivity index (χ2v) is 6.89. The maximum absolute atomic E-state index is 13.0. The average Bonchev–Trinajstić information content (AvgIpc) is 3.53. The van der Waals surface area contributed by atoms with Gasteiger partial charge < -0.3 is 14.2 Å². The van der Waals surface area contributed by atoms with Crippen LogP contribution in [0.25, 0.3) is 0 Å². The molecule has 0 N–H and O–H groups in total. The van der Waals surface area contributed by atoms with Crippen LogP contribution >= 0.6 is 0 Å². The fourth-order valence-corrected chi connectivity index (χ4v) is 3.26. The highest BCUT2D eigenvalue weighted by molar-refractivity contribution is 5.76. The number of carbonyl (C=O) groups excluding carboxylic acids is 1. The second-order valence-electron chi connectivity index (χ2n) is 6.89. The highest BCUT2D eigenvalue weighted by Crippen LogP contribution is 2.35. The highest BCUT2D eigenvalue weighted by Gasteiger charge is 2.34. The molecular formula is C21H23N3O3. The minimum Gasteiger partial charge on any atom is -0.495 e. The summed E-state index contributed by atoms with van der Waals surface area (Å²) in [6.07, 6.45) is 3.75. The number of amides is 1. The van der Waals surface area contributed by atoms with Gasteiger partial charge in [-0.25, -0.2) is 0 Å². The fraction of sp³-hybridized carbons (Fsp3) is 0.381. The molecule has 0 aliphatic heterocycles. The summed E-state index contributed by atoms with van der Waals surface area (Å²) in [5, 5.41) is 9.22. The van der Waals surface area contributed by atoms with E-state index in [1.54, 1.807) is 6.07 Å². The van der Waals surface area contributed by atoms with E-state index in [4.69, 9.17) is 4.74 Å². The maximum atomic E-state index is 13.0. The minimum atomic E-state index is -0.510. The van der Waals surface area contributed by atoms with E-state index < -0.39 is 5.56 Å². The lowest BCUT2D eigenvalue weighted by molar-refractivity contribution is -0.135. The number of aromatic nitrogens is 1. The van der Waals surface area contributed by atoms with Crippen LogP contribution in [0.4, 0.5) is 0 Å². The normalized spacial score (nSPS) is 14.3. The summed E-state index contributed by atoms with van der Waals surface area (Å²) < 4.78 is 6.33. The summed E-state index contributed by atoms with van der Waals surface area (Å²) in [5.74, 6) is 0.605. The SMILES string of the molecule is COc1ccn(CC(=O)N(Cc2ccccc2)C(C)C2CC2)c(=O)c1C#N. The molecule has 1 amide bonds. The van der Waals surface area contributed by atoms with Crippen LogP contribution < -0.4 is 10.3 Å². The van der Waals surface area contributed by atoms with Gasteiger partial charge in [0, 0.05) is 18.8 Å². The molecule has 0 radical (unpaired) electrons. The van der Waals surface area contributed by atoms with Crippen molar-refractivity contribution in [3.63, 3.8) is 0 Å². The number of nitrogens with zero attached hydrogens (tertiary/aromatic N) is 3. The van der Waals surface area contributed by atoms with Crippen molar-refractivity contribution in [3.8, 4) is 11.8 Å². The molecule has 1 fully saturated rings. The number of nitriles is 1. The molecule has 1 aromatic carbocycles. The third-order valence-corrected chi connectivity index (χ3v) is 5.08. The molecule has 0 bridgehead atoms. The van der Waals surface area contributed by atoms with Gasteiger partial charge in [0.05, 0.1) is 7.11 Å². The van der Waals surface area contributed by atoms with Gasteiger partial charge in [-0.15, -0.1) is 0 Å². The average molecular weight is 365 g/mol. The summed E-state index contributed by atoms with van der Waals surface area (Å²) in [6.45, 7) is 2.48. The Balaban J connectivity index is 1.84. The van der Waals surface area contributed by atoms with E-state index in [1.165, 1.54) is 17.9 Å². The van der Waals surface area contributed by atoms with Gasteiger partial charge >= 0.3 is 0 Å². The first-order valence-corrected chi connectivity index (χ1v) is 9.06. The number of pyridine rings is 1. The summed E-state index contributed by atoms with van der Waals surface area (Å²) in [5.41, 5.74) is 0.458. The Morgan fingerprint density at radius 1 is 1.33 bits per heavy atom. The Kier molecular flexibility index (Phi) is 5.60. The van der Waals surface area contributed by atoms with E-state index in [1.807, 2.05) is 41.3 Å². The Hall–Kier alpha value is -3.07. The standard InChI is InChI=1S/C21H23N3O3/c1-15(17-8-9-17)24(13-16-6-4-3-5-7-16)20(25)14-23-11-10-19(27-2)18(12-22)21(23)26/h3-7,10-11,15,17H,8-9,13-14H2,1-2H3. The molecule has 3 rings (SSSR count). The first-order valence-electron chi connectivity index (χ1n) is 9.06. The molecule has 6 nitrogen and oxygen atoms in total. The highest BCUT2D eigenvalue weighted by atomic mass is 16.5. The number of rotatable bonds is 7. The molecular weight excluding hydrogens is 342 g/mol. The zero-order valence-electron chi connectivity index (χ0n) is 15.6. The van der Waals surface area contributed by atoms with Gasteiger partial charge in [-0.05, 0) is 37.3 Å².